The van der Waals surface area contributed by atoms with Gasteiger partial charge in [0.25, 0.3) is 0 Å². The average molecular weight is 375 g/mol. The first-order valence-electron chi connectivity index (χ1n) is 7.99. The summed E-state index contributed by atoms with van der Waals surface area (Å²) >= 11 is 1.53. The zero-order chi connectivity index (χ0) is 18.3. The van der Waals surface area contributed by atoms with Crippen LogP contribution in [0.4, 0.5) is 19.6 Å². The lowest BCUT2D eigenvalue weighted by Gasteiger charge is -2.37. The van der Waals surface area contributed by atoms with Crippen molar-refractivity contribution in [1.29, 1.82) is 0 Å². The first kappa shape index (κ1) is 16.7. The molecule has 1 aromatic heterocycles. The van der Waals surface area contributed by atoms with Crippen LogP contribution in [0.3, 0.4) is 0 Å². The van der Waals surface area contributed by atoms with Gasteiger partial charge in [-0.3, -0.25) is 4.79 Å². The Morgan fingerprint density at radius 1 is 1.31 bits per heavy atom. The molecule has 0 aliphatic carbocycles. The van der Waals surface area contributed by atoms with Crippen LogP contribution in [0.25, 0.3) is 10.2 Å². The second-order valence-electron chi connectivity index (χ2n) is 6.02. The van der Waals surface area contributed by atoms with Crippen molar-refractivity contribution in [2.75, 3.05) is 30.4 Å². The number of fused-ring (bicyclic) bond motifs is 1. The van der Waals surface area contributed by atoms with Gasteiger partial charge in [-0.25, -0.2) is 13.8 Å². The van der Waals surface area contributed by atoms with Gasteiger partial charge in [0.05, 0.1) is 23.4 Å². The van der Waals surface area contributed by atoms with Crippen LogP contribution >= 0.6 is 11.3 Å². The molecule has 1 aliphatic heterocycles. The molecule has 5 nitrogen and oxygen atoms in total. The Morgan fingerprint density at radius 2 is 2.12 bits per heavy atom. The number of carbonyl (C=O) groups is 1. The van der Waals surface area contributed by atoms with E-state index < -0.39 is 11.6 Å². The minimum absolute atomic E-state index is 0.141. The second-order valence-corrected chi connectivity index (χ2v) is 7.03. The average Bonchev–Trinajstić information content (AvgIpc) is 3.00. The smallest absolute Gasteiger partial charge is 0.231 e. The highest BCUT2D eigenvalue weighted by molar-refractivity contribution is 7.22. The lowest BCUT2D eigenvalue weighted by Crippen LogP contribution is -2.52. The zero-order valence-corrected chi connectivity index (χ0v) is 14.6. The van der Waals surface area contributed by atoms with Gasteiger partial charge in [0.1, 0.15) is 22.9 Å². The van der Waals surface area contributed by atoms with Crippen LogP contribution in [0.15, 0.2) is 36.4 Å². The van der Waals surface area contributed by atoms with E-state index in [-0.39, 0.29) is 17.5 Å². The Labute approximate surface area is 152 Å². The Bertz CT molecular complexity index is 986. The molecule has 1 fully saturated rings. The lowest BCUT2D eigenvalue weighted by atomic mass is 10.00. The summed E-state index contributed by atoms with van der Waals surface area (Å²) in [6, 6.07) is 8.71. The molecular formula is C18H15F2N3O2S. The topological polar surface area (TPSA) is 54.5 Å². The van der Waals surface area contributed by atoms with Gasteiger partial charge >= 0.3 is 0 Å². The predicted molar refractivity (Wildman–Crippen MR) is 96.9 cm³/mol. The molecule has 0 spiro atoms. The summed E-state index contributed by atoms with van der Waals surface area (Å²) in [6.45, 7) is 0.954. The molecule has 0 saturated carbocycles. The minimum atomic E-state index is -0.658. The molecule has 4 rings (SSSR count). The molecule has 0 radical (unpaired) electrons. The number of benzene rings is 2. The van der Waals surface area contributed by atoms with Crippen molar-refractivity contribution in [3.63, 3.8) is 0 Å². The molecule has 8 heteroatoms. The quantitative estimate of drug-likeness (QED) is 0.756. The number of ether oxygens (including phenoxy) is 1. The molecule has 1 amide bonds. The fraction of sp³-hybridized carbons (Fsp3) is 0.222. The monoisotopic (exact) mass is 375 g/mol. The van der Waals surface area contributed by atoms with E-state index in [0.717, 1.165) is 33.5 Å². The Hall–Kier alpha value is -2.74. The van der Waals surface area contributed by atoms with Crippen LogP contribution in [0.5, 0.6) is 5.75 Å². The van der Waals surface area contributed by atoms with Crippen molar-refractivity contribution < 1.29 is 18.3 Å². The Balaban J connectivity index is 1.43. The summed E-state index contributed by atoms with van der Waals surface area (Å²) in [5, 5.41) is 3.26. The number of carbonyl (C=O) groups excluding carboxylic acids is 1. The number of para-hydroxylation sites is 1. The second kappa shape index (κ2) is 6.53. The molecule has 26 heavy (non-hydrogen) atoms. The highest BCUT2D eigenvalue weighted by Crippen LogP contribution is 2.36. The Kier molecular flexibility index (Phi) is 4.20. The van der Waals surface area contributed by atoms with E-state index in [2.05, 4.69) is 10.3 Å². The van der Waals surface area contributed by atoms with E-state index in [0.29, 0.717) is 18.8 Å². The number of hydrogen-bond donors (Lipinski definition) is 1. The van der Waals surface area contributed by atoms with Crippen molar-refractivity contribution >= 4 is 38.3 Å². The van der Waals surface area contributed by atoms with Gasteiger partial charge in [-0.2, -0.15) is 0 Å². The van der Waals surface area contributed by atoms with E-state index in [1.165, 1.54) is 11.3 Å². The molecule has 0 bridgehead atoms. The maximum atomic E-state index is 13.6. The summed E-state index contributed by atoms with van der Waals surface area (Å²) in [7, 11) is 1.60. The molecule has 1 aliphatic rings. The molecule has 2 heterocycles. The SMILES string of the molecule is COc1cccc2sc(N3CC(C(=O)Nc4cc(F)ccc4F)C3)nc12. The van der Waals surface area contributed by atoms with E-state index in [1.807, 2.05) is 23.1 Å². The number of hydrogen-bond acceptors (Lipinski definition) is 5. The third kappa shape index (κ3) is 2.96. The number of nitrogens with zero attached hydrogens (tertiary/aromatic N) is 2. The first-order valence-corrected chi connectivity index (χ1v) is 8.81. The third-order valence-corrected chi connectivity index (χ3v) is 5.38. The van der Waals surface area contributed by atoms with Crippen LogP contribution in [-0.4, -0.2) is 31.1 Å². The highest BCUT2D eigenvalue weighted by atomic mass is 32.1. The number of rotatable bonds is 4. The number of aromatic nitrogens is 1. The summed E-state index contributed by atoms with van der Waals surface area (Å²) in [6.07, 6.45) is 0. The van der Waals surface area contributed by atoms with Gasteiger partial charge in [0.15, 0.2) is 5.13 Å². The molecular weight excluding hydrogens is 360 g/mol. The van der Waals surface area contributed by atoms with Gasteiger partial charge in [-0.05, 0) is 24.3 Å². The largest absolute Gasteiger partial charge is 0.494 e. The van der Waals surface area contributed by atoms with Crippen LogP contribution in [0.2, 0.25) is 0 Å². The molecule has 1 saturated heterocycles. The molecule has 1 N–H and O–H groups in total. The number of halogens is 2. The molecule has 2 aromatic carbocycles. The van der Waals surface area contributed by atoms with Gasteiger partial charge < -0.3 is 15.0 Å². The summed E-state index contributed by atoms with van der Waals surface area (Å²) < 4.78 is 33.2. The summed E-state index contributed by atoms with van der Waals surface area (Å²) in [5.41, 5.74) is 0.655. The maximum Gasteiger partial charge on any atom is 0.231 e. The number of anilines is 2. The molecule has 0 unspecified atom stereocenters. The van der Waals surface area contributed by atoms with Gasteiger partial charge in [-0.15, -0.1) is 0 Å². The van der Waals surface area contributed by atoms with Crippen LogP contribution in [-0.2, 0) is 4.79 Å². The number of methoxy groups -OCH3 is 1. The predicted octanol–water partition coefficient (Wildman–Crippen LogP) is 3.66. The van der Waals surface area contributed by atoms with Crippen molar-refractivity contribution in [3.05, 3.63) is 48.0 Å². The fourth-order valence-corrected chi connectivity index (χ4v) is 3.84. The van der Waals surface area contributed by atoms with Crippen molar-refractivity contribution in [2.24, 2.45) is 5.92 Å². The minimum Gasteiger partial charge on any atom is -0.494 e. The highest BCUT2D eigenvalue weighted by Gasteiger charge is 2.35. The Morgan fingerprint density at radius 3 is 2.88 bits per heavy atom. The standard InChI is InChI=1S/C18H15F2N3O2S/c1-25-14-3-2-4-15-16(14)22-18(26-15)23-8-10(9-23)17(24)21-13-7-11(19)5-6-12(13)20/h2-7,10H,8-9H2,1H3,(H,21,24). The molecule has 3 aromatic rings. The number of nitrogens with one attached hydrogen (secondary N) is 1. The van der Waals surface area contributed by atoms with Crippen LogP contribution < -0.4 is 15.0 Å². The maximum absolute atomic E-state index is 13.6. The molecule has 0 atom stereocenters. The summed E-state index contributed by atoms with van der Waals surface area (Å²) in [4.78, 5) is 18.8. The third-order valence-electron chi connectivity index (χ3n) is 4.30. The summed E-state index contributed by atoms with van der Waals surface area (Å²) in [5.74, 6) is -1.17. The van der Waals surface area contributed by atoms with E-state index in [1.54, 1.807) is 7.11 Å². The van der Waals surface area contributed by atoms with Gasteiger partial charge in [0.2, 0.25) is 5.91 Å². The van der Waals surface area contributed by atoms with Crippen molar-refractivity contribution in [2.45, 2.75) is 0 Å². The van der Waals surface area contributed by atoms with E-state index in [4.69, 9.17) is 4.74 Å². The zero-order valence-electron chi connectivity index (χ0n) is 13.8. The van der Waals surface area contributed by atoms with Gasteiger partial charge in [-0.1, -0.05) is 17.4 Å². The lowest BCUT2D eigenvalue weighted by molar-refractivity contribution is -0.120. The van der Waals surface area contributed by atoms with Crippen LogP contribution in [0, 0.1) is 17.6 Å². The van der Waals surface area contributed by atoms with Crippen molar-refractivity contribution in [3.8, 4) is 5.75 Å². The number of amides is 1. The van der Waals surface area contributed by atoms with Gasteiger partial charge in [0, 0.05) is 19.2 Å². The van der Waals surface area contributed by atoms with E-state index in [9.17, 15) is 13.6 Å². The molecule has 134 valence electrons. The van der Waals surface area contributed by atoms with Crippen molar-refractivity contribution in [1.82, 2.24) is 4.98 Å². The van der Waals surface area contributed by atoms with E-state index >= 15 is 0 Å². The first-order chi connectivity index (χ1) is 12.5. The number of thiazole rings is 1. The fourth-order valence-electron chi connectivity index (χ4n) is 2.84. The normalized spacial score (nSPS) is 14.3. The van der Waals surface area contributed by atoms with Crippen LogP contribution in [0.1, 0.15) is 0 Å².